The van der Waals surface area contributed by atoms with Crippen molar-refractivity contribution in [1.82, 2.24) is 0 Å². The second-order valence-electron chi connectivity index (χ2n) is 5.11. The van der Waals surface area contributed by atoms with Crippen molar-refractivity contribution in [3.8, 4) is 0 Å². The Hall–Kier alpha value is -2.47. The maximum absolute atomic E-state index is 11.8. The number of nitrogens with one attached hydrogen (secondary N) is 1. The van der Waals surface area contributed by atoms with Crippen LogP contribution in [0.3, 0.4) is 0 Å². The number of fused-ring (bicyclic) bond motifs is 1. The highest BCUT2D eigenvalue weighted by atomic mass is 32.2. The van der Waals surface area contributed by atoms with Gasteiger partial charge in [-0.1, -0.05) is 0 Å². The Labute approximate surface area is 136 Å². The van der Waals surface area contributed by atoms with Crippen molar-refractivity contribution >= 4 is 34.3 Å². The molecule has 5 nitrogen and oxygen atoms in total. The number of rotatable bonds is 4. The van der Waals surface area contributed by atoms with Crippen LogP contribution >= 0.6 is 11.8 Å². The zero-order valence-electron chi connectivity index (χ0n) is 12.7. The van der Waals surface area contributed by atoms with Crippen LogP contribution in [-0.2, 0) is 10.5 Å². The van der Waals surface area contributed by atoms with E-state index in [0.29, 0.717) is 17.0 Å². The van der Waals surface area contributed by atoms with Crippen molar-refractivity contribution in [3.63, 3.8) is 0 Å². The van der Waals surface area contributed by atoms with Crippen LogP contribution in [0.4, 0.5) is 5.69 Å². The van der Waals surface area contributed by atoms with Gasteiger partial charge in [0, 0.05) is 40.8 Å². The predicted molar refractivity (Wildman–Crippen MR) is 89.8 cm³/mol. The predicted octanol–water partition coefficient (Wildman–Crippen LogP) is 3.95. The largest absolute Gasteiger partial charge is 0.468 e. The molecule has 0 atom stereocenters. The summed E-state index contributed by atoms with van der Waals surface area (Å²) in [7, 11) is 0. The van der Waals surface area contributed by atoms with Crippen molar-refractivity contribution in [1.29, 1.82) is 0 Å². The molecule has 3 aromatic rings. The lowest BCUT2D eigenvalue weighted by Gasteiger charge is -2.07. The molecule has 0 saturated carbocycles. The van der Waals surface area contributed by atoms with Crippen LogP contribution in [0.5, 0.6) is 0 Å². The molecule has 0 unspecified atom stereocenters. The number of hydrogen-bond donors (Lipinski definition) is 1. The van der Waals surface area contributed by atoms with E-state index >= 15 is 0 Å². The summed E-state index contributed by atoms with van der Waals surface area (Å²) < 4.78 is 10.5. The highest BCUT2D eigenvalue weighted by Gasteiger charge is 2.09. The Morgan fingerprint density at radius 3 is 2.78 bits per heavy atom. The van der Waals surface area contributed by atoms with Gasteiger partial charge in [-0.15, -0.1) is 11.8 Å². The second-order valence-corrected chi connectivity index (χ2v) is 6.13. The number of aryl methyl sites for hydroxylation is 1. The molecule has 0 radical (unpaired) electrons. The van der Waals surface area contributed by atoms with E-state index < -0.39 is 5.63 Å². The minimum atomic E-state index is -0.406. The molecule has 118 valence electrons. The Kier molecular flexibility index (Phi) is 4.25. The average molecular weight is 329 g/mol. The molecule has 6 heteroatoms. The van der Waals surface area contributed by atoms with Crippen LogP contribution in [-0.4, -0.2) is 5.91 Å². The molecule has 0 aliphatic carbocycles. The van der Waals surface area contributed by atoms with E-state index in [1.165, 1.54) is 13.0 Å². The smallest absolute Gasteiger partial charge is 0.336 e. The summed E-state index contributed by atoms with van der Waals surface area (Å²) in [4.78, 5) is 24.0. The first-order valence-electron chi connectivity index (χ1n) is 7.04. The maximum Gasteiger partial charge on any atom is 0.336 e. The van der Waals surface area contributed by atoms with Gasteiger partial charge in [0.2, 0.25) is 5.91 Å². The van der Waals surface area contributed by atoms with Crippen LogP contribution < -0.4 is 10.9 Å². The highest BCUT2D eigenvalue weighted by Crippen LogP contribution is 2.30. The molecule has 0 saturated heterocycles. The lowest BCUT2D eigenvalue weighted by molar-refractivity contribution is -0.114. The number of carbonyl (C=O) groups is 1. The summed E-state index contributed by atoms with van der Waals surface area (Å²) in [5.41, 5.74) is 1.54. The van der Waals surface area contributed by atoms with Crippen LogP contribution in [0.1, 0.15) is 18.2 Å². The fourth-order valence-electron chi connectivity index (χ4n) is 2.31. The summed E-state index contributed by atoms with van der Waals surface area (Å²) in [5, 5.41) is 3.53. The van der Waals surface area contributed by atoms with Crippen LogP contribution in [0.15, 0.2) is 55.1 Å². The molecule has 0 aliphatic heterocycles. The topological polar surface area (TPSA) is 72.5 Å². The number of thioether (sulfide) groups is 1. The van der Waals surface area contributed by atoms with Gasteiger partial charge in [0.15, 0.2) is 0 Å². The molecule has 1 aromatic carbocycles. The van der Waals surface area contributed by atoms with Crippen LogP contribution in [0, 0.1) is 6.92 Å². The molecule has 23 heavy (non-hydrogen) atoms. The molecular weight excluding hydrogens is 314 g/mol. The fourth-order valence-corrected chi connectivity index (χ4v) is 3.26. The zero-order chi connectivity index (χ0) is 16.4. The molecule has 0 aliphatic rings. The van der Waals surface area contributed by atoms with E-state index in [-0.39, 0.29) is 5.91 Å². The number of carbonyl (C=O) groups excluding carboxylic acids is 1. The van der Waals surface area contributed by atoms with E-state index in [2.05, 4.69) is 5.32 Å². The molecule has 1 amide bonds. The van der Waals surface area contributed by atoms with Gasteiger partial charge >= 0.3 is 5.63 Å². The van der Waals surface area contributed by atoms with Crippen molar-refractivity contribution < 1.29 is 13.6 Å². The van der Waals surface area contributed by atoms with Gasteiger partial charge in [0.25, 0.3) is 0 Å². The first kappa shape index (κ1) is 15.4. The lowest BCUT2D eigenvalue weighted by atomic mass is 10.1. The third-order valence-corrected chi connectivity index (χ3v) is 4.53. The Bertz CT molecular complexity index is 926. The summed E-state index contributed by atoms with van der Waals surface area (Å²) in [6.45, 7) is 3.33. The quantitative estimate of drug-likeness (QED) is 0.580. The van der Waals surface area contributed by atoms with Gasteiger partial charge in [-0.2, -0.15) is 0 Å². The summed E-state index contributed by atoms with van der Waals surface area (Å²) in [6, 6.07) is 8.71. The Morgan fingerprint density at radius 1 is 1.26 bits per heavy atom. The Balaban J connectivity index is 1.95. The monoisotopic (exact) mass is 329 g/mol. The van der Waals surface area contributed by atoms with E-state index in [9.17, 15) is 9.59 Å². The van der Waals surface area contributed by atoms with Gasteiger partial charge in [0.05, 0.1) is 6.26 Å². The van der Waals surface area contributed by atoms with Gasteiger partial charge < -0.3 is 14.2 Å². The number of anilines is 1. The van der Waals surface area contributed by atoms with E-state index in [4.69, 9.17) is 8.83 Å². The normalized spacial score (nSPS) is 10.9. The van der Waals surface area contributed by atoms with Crippen molar-refractivity contribution in [2.45, 2.75) is 24.5 Å². The third-order valence-electron chi connectivity index (χ3n) is 3.34. The number of furan rings is 1. The summed E-state index contributed by atoms with van der Waals surface area (Å²) in [6.07, 6.45) is 1.65. The minimum absolute atomic E-state index is 0.172. The number of hydrogen-bond acceptors (Lipinski definition) is 5. The molecule has 0 spiro atoms. The maximum atomic E-state index is 11.8. The third kappa shape index (κ3) is 3.48. The highest BCUT2D eigenvalue weighted by molar-refractivity contribution is 7.98. The molecule has 0 bridgehead atoms. The molecule has 3 rings (SSSR count). The van der Waals surface area contributed by atoms with E-state index in [1.807, 2.05) is 19.1 Å². The van der Waals surface area contributed by atoms with E-state index in [0.717, 1.165) is 21.6 Å². The van der Waals surface area contributed by atoms with Gasteiger partial charge in [-0.05, 0) is 30.7 Å². The summed E-state index contributed by atoms with van der Waals surface area (Å²) in [5.74, 6) is 1.31. The van der Waals surface area contributed by atoms with Crippen LogP contribution in [0.2, 0.25) is 0 Å². The Morgan fingerprint density at radius 2 is 2.09 bits per heavy atom. The number of benzene rings is 1. The van der Waals surface area contributed by atoms with Crippen LogP contribution in [0.25, 0.3) is 11.0 Å². The number of amides is 1. The SMILES string of the molecule is CC(=O)Nc1ccc2c(CSc3ccoc3C)cc(=O)oc2c1. The van der Waals surface area contributed by atoms with Gasteiger partial charge in [-0.25, -0.2) is 4.79 Å². The summed E-state index contributed by atoms with van der Waals surface area (Å²) >= 11 is 1.60. The van der Waals surface area contributed by atoms with Gasteiger partial charge in [0.1, 0.15) is 11.3 Å². The minimum Gasteiger partial charge on any atom is -0.468 e. The zero-order valence-corrected chi connectivity index (χ0v) is 13.5. The first-order valence-corrected chi connectivity index (χ1v) is 8.03. The molecule has 1 N–H and O–H groups in total. The molecule has 2 aromatic heterocycles. The lowest BCUT2D eigenvalue weighted by Crippen LogP contribution is -2.06. The molecule has 0 fully saturated rings. The standard InChI is InChI=1S/C17H15NO4S/c1-10-16(5-6-21-10)23-9-12-7-17(20)22-15-8-13(18-11(2)19)3-4-14(12)15/h3-8H,9H2,1-2H3,(H,18,19). The van der Waals surface area contributed by atoms with Crippen molar-refractivity contribution in [2.75, 3.05) is 5.32 Å². The second kappa shape index (κ2) is 6.34. The van der Waals surface area contributed by atoms with Crippen molar-refractivity contribution in [2.24, 2.45) is 0 Å². The fraction of sp³-hybridized carbons (Fsp3) is 0.176. The molecular formula is C17H15NO4S. The average Bonchev–Trinajstić information content (AvgIpc) is 2.89. The van der Waals surface area contributed by atoms with E-state index in [1.54, 1.807) is 30.2 Å². The molecule has 2 heterocycles. The van der Waals surface area contributed by atoms with Crippen molar-refractivity contribution in [3.05, 3.63) is 58.3 Å². The first-order chi connectivity index (χ1) is 11.0. The van der Waals surface area contributed by atoms with Gasteiger partial charge in [-0.3, -0.25) is 4.79 Å².